The fraction of sp³-hybridized carbons (Fsp3) is 0.364. The summed E-state index contributed by atoms with van der Waals surface area (Å²) in [6, 6.07) is 0. The van der Waals surface area contributed by atoms with Gasteiger partial charge in [0.1, 0.15) is 9.48 Å². The highest BCUT2D eigenvalue weighted by Crippen LogP contribution is 2.31. The van der Waals surface area contributed by atoms with Crippen molar-refractivity contribution in [3.05, 3.63) is 26.8 Å². The van der Waals surface area contributed by atoms with Crippen LogP contribution in [0, 0.1) is 0 Å². The molecule has 0 atom stereocenters. The molecule has 2 aromatic rings. The number of halogens is 1. The molecule has 6 nitrogen and oxygen atoms in total. The minimum atomic E-state index is -0.229. The third-order valence-corrected chi connectivity index (χ3v) is 4.20. The van der Waals surface area contributed by atoms with Gasteiger partial charge in [-0.2, -0.15) is 5.10 Å². The molecule has 1 amide bonds. The van der Waals surface area contributed by atoms with Crippen molar-refractivity contribution in [1.29, 1.82) is 0 Å². The summed E-state index contributed by atoms with van der Waals surface area (Å²) in [6.07, 6.45) is 2.62. The Hall–Kier alpha value is -1.41. The highest BCUT2D eigenvalue weighted by molar-refractivity contribution is 9.10. The van der Waals surface area contributed by atoms with Crippen molar-refractivity contribution in [1.82, 2.24) is 20.1 Å². The van der Waals surface area contributed by atoms with Crippen LogP contribution in [0.15, 0.2) is 16.0 Å². The molecule has 2 aromatic heterocycles. The van der Waals surface area contributed by atoms with Crippen molar-refractivity contribution in [3.8, 4) is 5.88 Å². The van der Waals surface area contributed by atoms with Crippen molar-refractivity contribution in [2.24, 2.45) is 0 Å². The summed E-state index contributed by atoms with van der Waals surface area (Å²) in [4.78, 5) is 16.2. The maximum atomic E-state index is 12.1. The van der Waals surface area contributed by atoms with E-state index in [1.165, 1.54) is 11.3 Å². The van der Waals surface area contributed by atoms with E-state index in [0.29, 0.717) is 29.2 Å². The first-order valence-corrected chi connectivity index (χ1v) is 7.48. The predicted molar refractivity (Wildman–Crippen MR) is 73.3 cm³/mol. The van der Waals surface area contributed by atoms with Gasteiger partial charge in [0.2, 0.25) is 5.88 Å². The van der Waals surface area contributed by atoms with E-state index in [-0.39, 0.29) is 5.91 Å². The second kappa shape index (κ2) is 5.30. The van der Waals surface area contributed by atoms with Gasteiger partial charge in [-0.25, -0.2) is 9.67 Å². The van der Waals surface area contributed by atoms with E-state index in [1.807, 2.05) is 5.38 Å². The molecule has 0 bridgehead atoms. The lowest BCUT2D eigenvalue weighted by molar-refractivity contribution is 0.0944. The SMILES string of the molecule is O=C(NCc1nccs1)c1nn2c(c1Br)OCCC2. The highest BCUT2D eigenvalue weighted by Gasteiger charge is 2.24. The maximum Gasteiger partial charge on any atom is 0.273 e. The molecule has 19 heavy (non-hydrogen) atoms. The van der Waals surface area contributed by atoms with E-state index < -0.39 is 0 Å². The number of rotatable bonds is 3. The Kier molecular flexibility index (Phi) is 3.52. The summed E-state index contributed by atoms with van der Waals surface area (Å²) in [5, 5.41) is 9.81. The van der Waals surface area contributed by atoms with Crippen LogP contribution in [0.5, 0.6) is 5.88 Å². The minimum absolute atomic E-state index is 0.229. The van der Waals surface area contributed by atoms with Gasteiger partial charge < -0.3 is 10.1 Å². The number of fused-ring (bicyclic) bond motifs is 1. The summed E-state index contributed by atoms with van der Waals surface area (Å²) in [6.45, 7) is 1.84. The molecule has 0 saturated heterocycles. The van der Waals surface area contributed by atoms with Gasteiger partial charge in [-0.15, -0.1) is 11.3 Å². The fourth-order valence-electron chi connectivity index (χ4n) is 1.82. The monoisotopic (exact) mass is 342 g/mol. The van der Waals surface area contributed by atoms with E-state index in [0.717, 1.165) is 18.0 Å². The smallest absolute Gasteiger partial charge is 0.273 e. The van der Waals surface area contributed by atoms with Gasteiger partial charge in [-0.3, -0.25) is 4.79 Å². The Morgan fingerprint density at radius 1 is 1.63 bits per heavy atom. The molecule has 0 radical (unpaired) electrons. The molecule has 0 unspecified atom stereocenters. The predicted octanol–water partition coefficient (Wildman–Crippen LogP) is 1.81. The van der Waals surface area contributed by atoms with Crippen LogP contribution in [0.3, 0.4) is 0 Å². The van der Waals surface area contributed by atoms with Gasteiger partial charge in [0, 0.05) is 24.5 Å². The van der Waals surface area contributed by atoms with Crippen molar-refractivity contribution >= 4 is 33.2 Å². The largest absolute Gasteiger partial charge is 0.477 e. The van der Waals surface area contributed by atoms with Crippen molar-refractivity contribution < 1.29 is 9.53 Å². The molecule has 0 fully saturated rings. The van der Waals surface area contributed by atoms with Gasteiger partial charge in [0.05, 0.1) is 13.2 Å². The Morgan fingerprint density at radius 2 is 2.53 bits per heavy atom. The molecule has 0 aromatic carbocycles. The van der Waals surface area contributed by atoms with Gasteiger partial charge in [-0.1, -0.05) is 0 Å². The first kappa shape index (κ1) is 12.6. The lowest BCUT2D eigenvalue weighted by Crippen LogP contribution is -2.23. The summed E-state index contributed by atoms with van der Waals surface area (Å²) in [5.74, 6) is 0.401. The third-order valence-electron chi connectivity index (χ3n) is 2.70. The topological polar surface area (TPSA) is 69.0 Å². The van der Waals surface area contributed by atoms with Crippen molar-refractivity contribution in [2.45, 2.75) is 19.5 Å². The molecule has 1 aliphatic rings. The third kappa shape index (κ3) is 2.50. The Bertz CT molecular complexity index is 596. The molecular weight excluding hydrogens is 332 g/mol. The summed E-state index contributed by atoms with van der Waals surface area (Å²) >= 11 is 4.88. The number of aryl methyl sites for hydroxylation is 1. The zero-order chi connectivity index (χ0) is 13.2. The van der Waals surface area contributed by atoms with E-state index in [2.05, 4.69) is 31.3 Å². The highest BCUT2D eigenvalue weighted by atomic mass is 79.9. The van der Waals surface area contributed by atoms with Crippen LogP contribution in [0.25, 0.3) is 0 Å². The Balaban J connectivity index is 1.74. The van der Waals surface area contributed by atoms with Gasteiger partial charge >= 0.3 is 0 Å². The first-order chi connectivity index (χ1) is 9.25. The average molecular weight is 343 g/mol. The molecule has 1 aliphatic heterocycles. The zero-order valence-electron chi connectivity index (χ0n) is 9.93. The second-order valence-electron chi connectivity index (χ2n) is 4.00. The molecule has 0 spiro atoms. The van der Waals surface area contributed by atoms with Crippen LogP contribution in [0.1, 0.15) is 21.9 Å². The zero-order valence-corrected chi connectivity index (χ0v) is 12.3. The van der Waals surface area contributed by atoms with E-state index in [4.69, 9.17) is 4.74 Å². The number of hydrogen-bond acceptors (Lipinski definition) is 5. The molecule has 100 valence electrons. The summed E-state index contributed by atoms with van der Waals surface area (Å²) in [7, 11) is 0. The average Bonchev–Trinajstić information content (AvgIpc) is 3.05. The first-order valence-electron chi connectivity index (χ1n) is 5.81. The summed E-state index contributed by atoms with van der Waals surface area (Å²) in [5.41, 5.74) is 0.355. The number of aromatic nitrogens is 3. The number of amides is 1. The van der Waals surface area contributed by atoms with E-state index in [9.17, 15) is 4.79 Å². The number of ether oxygens (including phenoxy) is 1. The van der Waals surface area contributed by atoms with E-state index >= 15 is 0 Å². The minimum Gasteiger partial charge on any atom is -0.477 e. The van der Waals surface area contributed by atoms with Gasteiger partial charge in [0.25, 0.3) is 5.91 Å². The van der Waals surface area contributed by atoms with Crippen LogP contribution in [0.2, 0.25) is 0 Å². The van der Waals surface area contributed by atoms with Crippen LogP contribution in [-0.4, -0.2) is 27.3 Å². The van der Waals surface area contributed by atoms with Crippen LogP contribution in [0.4, 0.5) is 0 Å². The maximum absolute atomic E-state index is 12.1. The Morgan fingerprint density at radius 3 is 3.26 bits per heavy atom. The van der Waals surface area contributed by atoms with Crippen LogP contribution >= 0.6 is 27.3 Å². The molecular formula is C11H11BrN4O2S. The number of thiazole rings is 1. The number of nitrogens with zero attached hydrogens (tertiary/aromatic N) is 3. The molecule has 0 saturated carbocycles. The fourth-order valence-corrected chi connectivity index (χ4v) is 2.96. The standard InChI is InChI=1S/C11H11BrN4O2S/c12-8-9(15-16-3-1-4-18-11(8)16)10(17)14-6-7-13-2-5-19-7/h2,5H,1,3-4,6H2,(H,14,17). The summed E-state index contributed by atoms with van der Waals surface area (Å²) < 4.78 is 7.83. The lowest BCUT2D eigenvalue weighted by atomic mass is 10.4. The molecule has 0 aliphatic carbocycles. The lowest BCUT2D eigenvalue weighted by Gasteiger charge is -2.14. The van der Waals surface area contributed by atoms with Crippen molar-refractivity contribution in [2.75, 3.05) is 6.61 Å². The number of nitrogens with one attached hydrogen (secondary N) is 1. The molecule has 1 N–H and O–H groups in total. The molecule has 3 heterocycles. The van der Waals surface area contributed by atoms with Gasteiger partial charge in [-0.05, 0) is 15.9 Å². The molecule has 8 heteroatoms. The molecule has 3 rings (SSSR count). The quantitative estimate of drug-likeness (QED) is 0.923. The normalized spacial score (nSPS) is 13.7. The van der Waals surface area contributed by atoms with Gasteiger partial charge in [0.15, 0.2) is 5.69 Å². The van der Waals surface area contributed by atoms with Crippen LogP contribution < -0.4 is 10.1 Å². The number of carbonyl (C=O) groups excluding carboxylic acids is 1. The van der Waals surface area contributed by atoms with Crippen molar-refractivity contribution in [3.63, 3.8) is 0 Å². The second-order valence-corrected chi connectivity index (χ2v) is 5.77. The van der Waals surface area contributed by atoms with Crippen LogP contribution in [-0.2, 0) is 13.1 Å². The Labute approximate surface area is 121 Å². The number of hydrogen-bond donors (Lipinski definition) is 1. The van der Waals surface area contributed by atoms with E-state index in [1.54, 1.807) is 10.9 Å². The number of carbonyl (C=O) groups is 1.